The second-order valence-electron chi connectivity index (χ2n) is 5.16. The molecule has 0 saturated carbocycles. The molecule has 1 aromatic rings. The van der Waals surface area contributed by atoms with Crippen molar-refractivity contribution in [3.8, 4) is 0 Å². The van der Waals surface area contributed by atoms with Gasteiger partial charge in [-0.2, -0.15) is 5.10 Å². The summed E-state index contributed by atoms with van der Waals surface area (Å²) in [6.07, 6.45) is 5.25. The Morgan fingerprint density at radius 2 is 2.35 bits per heavy atom. The van der Waals surface area contributed by atoms with E-state index >= 15 is 0 Å². The topological polar surface area (TPSA) is 39.1 Å². The summed E-state index contributed by atoms with van der Waals surface area (Å²) in [7, 11) is 0. The van der Waals surface area contributed by atoms with Crippen LogP contribution in [0.2, 0.25) is 0 Å². The van der Waals surface area contributed by atoms with Crippen LogP contribution < -0.4 is 5.32 Å². The van der Waals surface area contributed by atoms with E-state index in [1.54, 1.807) is 0 Å². The van der Waals surface area contributed by atoms with Gasteiger partial charge in [-0.1, -0.05) is 6.92 Å². The van der Waals surface area contributed by atoms with E-state index in [-0.39, 0.29) is 0 Å². The van der Waals surface area contributed by atoms with Gasteiger partial charge >= 0.3 is 0 Å². The van der Waals surface area contributed by atoms with Gasteiger partial charge in [0.2, 0.25) is 0 Å². The quantitative estimate of drug-likeness (QED) is 0.855. The normalized spacial score (nSPS) is 32.2. The minimum atomic E-state index is 0.357. The molecule has 3 rings (SSSR count). The number of aromatic nitrogens is 2. The number of nitrogens with one attached hydrogen (secondary N) is 1. The highest BCUT2D eigenvalue weighted by molar-refractivity contribution is 5.39. The van der Waals surface area contributed by atoms with E-state index in [4.69, 9.17) is 9.84 Å². The number of nitrogens with zero attached hydrogens (tertiary/aromatic N) is 2. The first-order chi connectivity index (χ1) is 8.28. The van der Waals surface area contributed by atoms with E-state index in [2.05, 4.69) is 29.9 Å². The zero-order valence-electron chi connectivity index (χ0n) is 10.6. The van der Waals surface area contributed by atoms with Gasteiger partial charge in [0.05, 0.1) is 23.9 Å². The molecule has 1 fully saturated rings. The summed E-state index contributed by atoms with van der Waals surface area (Å²) >= 11 is 0. The molecule has 1 saturated heterocycles. The molecule has 0 aliphatic carbocycles. The van der Waals surface area contributed by atoms with Crippen LogP contribution in [-0.2, 0) is 11.2 Å². The van der Waals surface area contributed by atoms with Crippen LogP contribution in [0, 0.1) is 0 Å². The highest BCUT2D eigenvalue weighted by Crippen LogP contribution is 2.34. The summed E-state index contributed by atoms with van der Waals surface area (Å²) in [5.74, 6) is 1.17. The summed E-state index contributed by atoms with van der Waals surface area (Å²) in [6, 6.07) is 2.60. The maximum atomic E-state index is 6.01. The van der Waals surface area contributed by atoms with E-state index in [9.17, 15) is 0 Å². The van der Waals surface area contributed by atoms with Crippen molar-refractivity contribution in [1.82, 2.24) is 9.78 Å². The Hall–Kier alpha value is -1.03. The Kier molecular flexibility index (Phi) is 2.82. The molecule has 4 heteroatoms. The number of hydrogen-bond donors (Lipinski definition) is 1. The van der Waals surface area contributed by atoms with Crippen LogP contribution in [0.15, 0.2) is 6.07 Å². The predicted octanol–water partition coefficient (Wildman–Crippen LogP) is 2.37. The molecule has 94 valence electrons. The van der Waals surface area contributed by atoms with Gasteiger partial charge in [0, 0.05) is 12.6 Å². The number of ether oxygens (including phenoxy) is 1. The molecule has 3 atom stereocenters. The molecule has 2 aliphatic heterocycles. The lowest BCUT2D eigenvalue weighted by atomic mass is 10.0. The van der Waals surface area contributed by atoms with Crippen molar-refractivity contribution in [2.75, 3.05) is 11.9 Å². The highest BCUT2D eigenvalue weighted by atomic mass is 16.5. The molecule has 3 unspecified atom stereocenters. The lowest BCUT2D eigenvalue weighted by Gasteiger charge is -2.29. The fourth-order valence-corrected chi connectivity index (χ4v) is 2.93. The summed E-state index contributed by atoms with van der Waals surface area (Å²) in [5.41, 5.74) is 1.17. The first kappa shape index (κ1) is 11.1. The lowest BCUT2D eigenvalue weighted by Crippen LogP contribution is -2.32. The Labute approximate surface area is 102 Å². The van der Waals surface area contributed by atoms with Crippen LogP contribution >= 0.6 is 0 Å². The molecule has 0 bridgehead atoms. The minimum absolute atomic E-state index is 0.357. The van der Waals surface area contributed by atoms with Crippen molar-refractivity contribution < 1.29 is 4.74 Å². The first-order valence-electron chi connectivity index (χ1n) is 6.75. The fraction of sp³-hybridized carbons (Fsp3) is 0.769. The Balaban J connectivity index is 1.85. The molecule has 0 amide bonds. The molecule has 2 aliphatic rings. The third-order valence-electron chi connectivity index (χ3n) is 3.90. The summed E-state index contributed by atoms with van der Waals surface area (Å²) < 4.78 is 8.17. The number of rotatable bonds is 2. The average molecular weight is 235 g/mol. The van der Waals surface area contributed by atoms with Crippen molar-refractivity contribution in [3.05, 3.63) is 11.8 Å². The van der Waals surface area contributed by atoms with Crippen molar-refractivity contribution >= 4 is 5.82 Å². The van der Waals surface area contributed by atoms with Crippen LogP contribution in [0.1, 0.15) is 44.8 Å². The van der Waals surface area contributed by atoms with Gasteiger partial charge < -0.3 is 10.1 Å². The summed E-state index contributed by atoms with van der Waals surface area (Å²) in [4.78, 5) is 0. The number of anilines is 1. The standard InChI is InChI=1S/C13H21N3O/c1-3-10-8-13-14-7-6-11(16(13)15-10)12-5-4-9(2)17-12/h8-9,11-12,14H,3-7H2,1-2H3. The zero-order valence-corrected chi connectivity index (χ0v) is 10.6. The van der Waals surface area contributed by atoms with Crippen molar-refractivity contribution in [1.29, 1.82) is 0 Å². The van der Waals surface area contributed by atoms with Gasteiger partial charge in [-0.15, -0.1) is 0 Å². The molecule has 4 nitrogen and oxygen atoms in total. The van der Waals surface area contributed by atoms with E-state index in [1.807, 2.05) is 0 Å². The van der Waals surface area contributed by atoms with Gasteiger partial charge in [0.25, 0.3) is 0 Å². The van der Waals surface area contributed by atoms with E-state index in [0.717, 1.165) is 19.4 Å². The van der Waals surface area contributed by atoms with Gasteiger partial charge in [0.1, 0.15) is 5.82 Å². The second kappa shape index (κ2) is 4.33. The van der Waals surface area contributed by atoms with E-state index < -0.39 is 0 Å². The van der Waals surface area contributed by atoms with Crippen LogP contribution in [0.5, 0.6) is 0 Å². The second-order valence-corrected chi connectivity index (χ2v) is 5.16. The molecule has 1 aromatic heterocycles. The van der Waals surface area contributed by atoms with Gasteiger partial charge in [-0.05, 0) is 32.6 Å². The number of hydrogen-bond acceptors (Lipinski definition) is 3. The predicted molar refractivity (Wildman–Crippen MR) is 67.3 cm³/mol. The third-order valence-corrected chi connectivity index (χ3v) is 3.90. The molecular weight excluding hydrogens is 214 g/mol. The van der Waals surface area contributed by atoms with Crippen LogP contribution in [0.25, 0.3) is 0 Å². The largest absolute Gasteiger partial charge is 0.373 e. The number of aryl methyl sites for hydroxylation is 1. The third kappa shape index (κ3) is 1.95. The number of fused-ring (bicyclic) bond motifs is 1. The summed E-state index contributed by atoms with van der Waals surface area (Å²) in [5, 5.41) is 8.12. The molecular formula is C13H21N3O. The zero-order chi connectivity index (χ0) is 11.8. The lowest BCUT2D eigenvalue weighted by molar-refractivity contribution is 0.0172. The van der Waals surface area contributed by atoms with Crippen LogP contribution in [0.4, 0.5) is 5.82 Å². The van der Waals surface area contributed by atoms with Gasteiger partial charge in [-0.25, -0.2) is 4.68 Å². The highest BCUT2D eigenvalue weighted by Gasteiger charge is 2.34. The van der Waals surface area contributed by atoms with Gasteiger partial charge in [-0.3, -0.25) is 0 Å². The van der Waals surface area contributed by atoms with Crippen LogP contribution in [-0.4, -0.2) is 28.5 Å². The van der Waals surface area contributed by atoms with Crippen LogP contribution in [0.3, 0.4) is 0 Å². The smallest absolute Gasteiger partial charge is 0.124 e. The molecule has 17 heavy (non-hydrogen) atoms. The van der Waals surface area contributed by atoms with Gasteiger partial charge in [0.15, 0.2) is 0 Å². The summed E-state index contributed by atoms with van der Waals surface area (Å²) in [6.45, 7) is 5.35. The Bertz CT molecular complexity index is 401. The minimum Gasteiger partial charge on any atom is -0.373 e. The van der Waals surface area contributed by atoms with E-state index in [1.165, 1.54) is 24.4 Å². The van der Waals surface area contributed by atoms with E-state index in [0.29, 0.717) is 18.2 Å². The van der Waals surface area contributed by atoms with Crippen molar-refractivity contribution in [2.24, 2.45) is 0 Å². The molecule has 0 radical (unpaired) electrons. The Morgan fingerprint density at radius 1 is 1.47 bits per heavy atom. The monoisotopic (exact) mass is 235 g/mol. The maximum Gasteiger partial charge on any atom is 0.124 e. The SMILES string of the molecule is CCc1cc2n(n1)C(C1CCC(C)O1)CCN2. The Morgan fingerprint density at radius 3 is 3.06 bits per heavy atom. The molecule has 0 spiro atoms. The fourth-order valence-electron chi connectivity index (χ4n) is 2.93. The molecule has 0 aromatic carbocycles. The molecule has 1 N–H and O–H groups in total. The molecule has 3 heterocycles. The first-order valence-corrected chi connectivity index (χ1v) is 6.75. The van der Waals surface area contributed by atoms with Crippen molar-refractivity contribution in [2.45, 2.75) is 57.8 Å². The maximum absolute atomic E-state index is 6.01. The average Bonchev–Trinajstić information content (AvgIpc) is 2.93. The van der Waals surface area contributed by atoms with Crippen molar-refractivity contribution in [3.63, 3.8) is 0 Å².